The predicted molar refractivity (Wildman–Crippen MR) is 88.5 cm³/mol. The Morgan fingerprint density at radius 1 is 1.25 bits per heavy atom. The molecule has 7 heteroatoms. The summed E-state index contributed by atoms with van der Waals surface area (Å²) in [4.78, 5) is 4.37. The molecular weight excluding hydrogens is 367 g/mol. The van der Waals surface area contributed by atoms with Gasteiger partial charge in [-0.25, -0.2) is 0 Å². The van der Waals surface area contributed by atoms with Crippen molar-refractivity contribution < 1.29 is 0 Å². The Bertz CT molecular complexity index is 565. The van der Waals surface area contributed by atoms with E-state index in [4.69, 9.17) is 0 Å². The molecule has 0 fully saturated rings. The van der Waals surface area contributed by atoms with E-state index in [1.165, 1.54) is 0 Å². The first kappa shape index (κ1) is 14.8. The number of halogens is 1. The van der Waals surface area contributed by atoms with Gasteiger partial charge in [0.05, 0.1) is 6.54 Å². The van der Waals surface area contributed by atoms with Crippen LogP contribution in [0.1, 0.15) is 12.2 Å². The van der Waals surface area contributed by atoms with Crippen molar-refractivity contribution in [3.05, 3.63) is 42.5 Å². The van der Waals surface area contributed by atoms with Gasteiger partial charge in [0.1, 0.15) is 6.33 Å². The van der Waals surface area contributed by atoms with Gasteiger partial charge >= 0.3 is 0 Å². The number of benzene rings is 1. The zero-order valence-corrected chi connectivity index (χ0v) is 13.3. The number of guanidine groups is 1. The van der Waals surface area contributed by atoms with Gasteiger partial charge in [0.15, 0.2) is 11.8 Å². The molecule has 2 N–H and O–H groups in total. The summed E-state index contributed by atoms with van der Waals surface area (Å²) in [5, 5.41) is 14.6. The second-order valence-corrected chi connectivity index (χ2v) is 4.32. The molecule has 20 heavy (non-hydrogen) atoms. The summed E-state index contributed by atoms with van der Waals surface area (Å²) in [6.07, 6.45) is 2.81. The normalized spacial score (nSPS) is 13.9. The molecule has 0 radical (unpaired) electrons. The molecule has 0 spiro atoms. The van der Waals surface area contributed by atoms with Crippen molar-refractivity contribution in [2.75, 3.05) is 13.1 Å². The maximum atomic E-state index is 4.37. The van der Waals surface area contributed by atoms with Crippen molar-refractivity contribution in [2.24, 2.45) is 4.99 Å². The molecule has 6 nitrogen and oxygen atoms in total. The molecule has 106 valence electrons. The van der Waals surface area contributed by atoms with E-state index in [0.717, 1.165) is 37.0 Å². The van der Waals surface area contributed by atoms with Gasteiger partial charge in [-0.05, 0) is 18.6 Å². The monoisotopic (exact) mass is 384 g/mol. The predicted octanol–water partition coefficient (Wildman–Crippen LogP) is 1.32. The average Bonchev–Trinajstić information content (AvgIpc) is 2.95. The van der Waals surface area contributed by atoms with Crippen molar-refractivity contribution in [1.29, 1.82) is 0 Å². The summed E-state index contributed by atoms with van der Waals surface area (Å²) in [7, 11) is 0. The maximum absolute atomic E-state index is 4.37. The van der Waals surface area contributed by atoms with Gasteiger partial charge in [-0.3, -0.25) is 9.56 Å². The molecule has 0 atom stereocenters. The van der Waals surface area contributed by atoms with Crippen LogP contribution in [0.2, 0.25) is 0 Å². The van der Waals surface area contributed by atoms with Crippen LogP contribution < -0.4 is 10.6 Å². The molecule has 1 aromatic carbocycles. The third kappa shape index (κ3) is 3.47. The number of nitrogens with zero attached hydrogens (tertiary/aromatic N) is 4. The number of hydrogen-bond acceptors (Lipinski definition) is 5. The van der Waals surface area contributed by atoms with Crippen LogP contribution in [0.5, 0.6) is 0 Å². The highest BCUT2D eigenvalue weighted by molar-refractivity contribution is 14.0. The molecule has 0 amide bonds. The lowest BCUT2D eigenvalue weighted by Crippen LogP contribution is -2.40. The van der Waals surface area contributed by atoms with Gasteiger partial charge in [-0.1, -0.05) is 18.2 Å². The van der Waals surface area contributed by atoms with Crippen LogP contribution in [-0.4, -0.2) is 33.8 Å². The molecule has 0 bridgehead atoms. The molecule has 2 aromatic rings. The lowest BCUT2D eigenvalue weighted by Gasteiger charge is -2.15. The first-order chi connectivity index (χ1) is 9.43. The topological polar surface area (TPSA) is 67.1 Å². The van der Waals surface area contributed by atoms with E-state index in [9.17, 15) is 0 Å². The second-order valence-electron chi connectivity index (χ2n) is 4.32. The van der Waals surface area contributed by atoms with E-state index >= 15 is 0 Å². The molecule has 3 rings (SSSR count). The van der Waals surface area contributed by atoms with Gasteiger partial charge in [0.25, 0.3) is 0 Å². The first-order valence-electron chi connectivity index (χ1n) is 6.40. The Balaban J connectivity index is 0.00000147. The maximum Gasteiger partial charge on any atom is 0.191 e. The number of aliphatic imine (C=N–C) groups is 1. The van der Waals surface area contributed by atoms with Crippen LogP contribution in [0.4, 0.5) is 0 Å². The van der Waals surface area contributed by atoms with Gasteiger partial charge in [-0.2, -0.15) is 0 Å². The Morgan fingerprint density at radius 2 is 2.10 bits per heavy atom. The van der Waals surface area contributed by atoms with Crippen LogP contribution in [0.25, 0.3) is 5.69 Å². The average molecular weight is 384 g/mol. The Morgan fingerprint density at radius 3 is 2.85 bits per heavy atom. The molecule has 1 aromatic heterocycles. The van der Waals surface area contributed by atoms with E-state index < -0.39 is 0 Å². The third-order valence-corrected chi connectivity index (χ3v) is 2.96. The Hall–Kier alpha value is -1.64. The first-order valence-corrected chi connectivity index (χ1v) is 6.40. The fourth-order valence-corrected chi connectivity index (χ4v) is 2.00. The molecule has 0 aliphatic carbocycles. The lowest BCUT2D eigenvalue weighted by atomic mass is 10.3. The SMILES string of the molecule is I.c1ccc(-n2cnnc2CNC2=NCCCN2)cc1. The van der Waals surface area contributed by atoms with Gasteiger partial charge in [0, 0.05) is 18.8 Å². The highest BCUT2D eigenvalue weighted by Gasteiger charge is 2.08. The Kier molecular flexibility index (Phi) is 5.33. The van der Waals surface area contributed by atoms with E-state index in [1.54, 1.807) is 6.33 Å². The zero-order chi connectivity index (χ0) is 12.9. The quantitative estimate of drug-likeness (QED) is 0.784. The molecule has 0 saturated carbocycles. The van der Waals surface area contributed by atoms with Crippen LogP contribution in [-0.2, 0) is 6.54 Å². The van der Waals surface area contributed by atoms with E-state index in [2.05, 4.69) is 25.8 Å². The third-order valence-electron chi connectivity index (χ3n) is 2.96. The Labute approximate surface area is 134 Å². The van der Waals surface area contributed by atoms with E-state index in [1.807, 2.05) is 34.9 Å². The number of aromatic nitrogens is 3. The highest BCUT2D eigenvalue weighted by atomic mass is 127. The van der Waals surface area contributed by atoms with E-state index in [0.29, 0.717) is 6.54 Å². The summed E-state index contributed by atoms with van der Waals surface area (Å²) in [5.41, 5.74) is 1.06. The van der Waals surface area contributed by atoms with Crippen LogP contribution in [0.15, 0.2) is 41.7 Å². The molecule has 1 aliphatic rings. The standard InChI is InChI=1S/C13H16N6.HI/c1-2-5-11(6-3-1)19-10-17-18-12(19)9-16-13-14-7-4-8-15-13;/h1-3,5-6,10H,4,7-9H2,(H2,14,15,16);1H. The van der Waals surface area contributed by atoms with Crippen LogP contribution >= 0.6 is 24.0 Å². The number of nitrogens with one attached hydrogen (secondary N) is 2. The zero-order valence-electron chi connectivity index (χ0n) is 11.0. The second kappa shape index (κ2) is 7.22. The lowest BCUT2D eigenvalue weighted by molar-refractivity contribution is 0.688. The van der Waals surface area contributed by atoms with Gasteiger partial charge in [-0.15, -0.1) is 34.2 Å². The van der Waals surface area contributed by atoms with Crippen molar-refractivity contribution in [2.45, 2.75) is 13.0 Å². The van der Waals surface area contributed by atoms with Crippen LogP contribution in [0, 0.1) is 0 Å². The van der Waals surface area contributed by atoms with Gasteiger partial charge < -0.3 is 10.6 Å². The molecule has 0 unspecified atom stereocenters. The summed E-state index contributed by atoms with van der Waals surface area (Å²) in [6.45, 7) is 2.44. The summed E-state index contributed by atoms with van der Waals surface area (Å²) in [6, 6.07) is 10.1. The van der Waals surface area contributed by atoms with Crippen molar-refractivity contribution >= 4 is 29.9 Å². The minimum atomic E-state index is 0. The minimum Gasteiger partial charge on any atom is -0.356 e. The fourth-order valence-electron chi connectivity index (χ4n) is 2.00. The number of para-hydroxylation sites is 1. The van der Waals surface area contributed by atoms with Gasteiger partial charge in [0.2, 0.25) is 0 Å². The largest absolute Gasteiger partial charge is 0.356 e. The molecule has 2 heterocycles. The fraction of sp³-hybridized carbons (Fsp3) is 0.308. The smallest absolute Gasteiger partial charge is 0.191 e. The minimum absolute atomic E-state index is 0. The van der Waals surface area contributed by atoms with Crippen LogP contribution in [0.3, 0.4) is 0 Å². The number of hydrogen-bond donors (Lipinski definition) is 2. The van der Waals surface area contributed by atoms with Crippen molar-refractivity contribution in [3.8, 4) is 5.69 Å². The molecule has 1 aliphatic heterocycles. The highest BCUT2D eigenvalue weighted by Crippen LogP contribution is 2.08. The summed E-state index contributed by atoms with van der Waals surface area (Å²) < 4.78 is 1.97. The van der Waals surface area contributed by atoms with E-state index in [-0.39, 0.29) is 24.0 Å². The summed E-state index contributed by atoms with van der Waals surface area (Å²) >= 11 is 0. The number of rotatable bonds is 3. The molecular formula is C13H17IN6. The van der Waals surface area contributed by atoms with Crippen molar-refractivity contribution in [1.82, 2.24) is 25.4 Å². The van der Waals surface area contributed by atoms with Crippen molar-refractivity contribution in [3.63, 3.8) is 0 Å². The summed E-state index contributed by atoms with van der Waals surface area (Å²) in [5.74, 6) is 1.70. The molecule has 0 saturated heterocycles.